The summed E-state index contributed by atoms with van der Waals surface area (Å²) in [6.45, 7) is 0. The zero-order valence-corrected chi connectivity index (χ0v) is 5.04. The number of hydrogen-bond donors (Lipinski definition) is 4. The van der Waals surface area contributed by atoms with Crippen LogP contribution in [0.4, 0.5) is 0 Å². The molecule has 0 aliphatic rings. The molecule has 52 valence electrons. The summed E-state index contributed by atoms with van der Waals surface area (Å²) in [7, 11) is -3.69. The van der Waals surface area contributed by atoms with Gasteiger partial charge in [0, 0.05) is 0 Å². The molecule has 0 spiro atoms. The first-order valence-corrected chi connectivity index (χ1v) is 3.47. The number of hydrogen-bond acceptors (Lipinski definition) is 5. The molecule has 9 heavy (non-hydrogen) atoms. The third kappa shape index (κ3) is 1.39. The van der Waals surface area contributed by atoms with Gasteiger partial charge in [-0.1, -0.05) is 0 Å². The van der Waals surface area contributed by atoms with Crippen LogP contribution in [0.2, 0.25) is 0 Å². The average molecular weight is 151 g/mol. The van der Waals surface area contributed by atoms with E-state index in [2.05, 4.69) is 15.2 Å². The Morgan fingerprint density at radius 2 is 2.11 bits per heavy atom. The fourth-order valence-electron chi connectivity index (χ4n) is 0.326. The van der Waals surface area contributed by atoms with Gasteiger partial charge in [0.15, 0.2) is 0 Å². The van der Waals surface area contributed by atoms with Crippen LogP contribution in [-0.2, 0) is 0 Å². The zero-order chi connectivity index (χ0) is 6.91. The molecule has 1 aromatic rings. The average Bonchev–Trinajstić information content (AvgIpc) is 2.08. The molecular formula is C2H5N3O3S. The third-order valence-electron chi connectivity index (χ3n) is 0.652. The summed E-state index contributed by atoms with van der Waals surface area (Å²) < 4.78 is 25.3. The lowest BCUT2D eigenvalue weighted by Crippen LogP contribution is -1.97. The van der Waals surface area contributed by atoms with Crippen LogP contribution in [0, 0.1) is 0 Å². The Balaban J connectivity index is 2.90. The van der Waals surface area contributed by atoms with E-state index in [0.717, 1.165) is 6.33 Å². The normalized spacial score (nSPS) is 13.7. The summed E-state index contributed by atoms with van der Waals surface area (Å²) >= 11 is 0. The predicted molar refractivity (Wildman–Crippen MR) is 30.1 cm³/mol. The van der Waals surface area contributed by atoms with Gasteiger partial charge >= 0.3 is 0 Å². The first-order chi connectivity index (χ1) is 4.11. The maximum absolute atomic E-state index is 8.44. The summed E-state index contributed by atoms with van der Waals surface area (Å²) in [6.07, 6.45) is 1.07. The van der Waals surface area contributed by atoms with E-state index < -0.39 is 10.9 Å². The van der Waals surface area contributed by atoms with Crippen LogP contribution in [0.1, 0.15) is 0 Å². The molecule has 0 radical (unpaired) electrons. The number of H-pyrrole nitrogens is 1. The van der Waals surface area contributed by atoms with Crippen LogP contribution in [0.15, 0.2) is 11.5 Å². The van der Waals surface area contributed by atoms with Crippen molar-refractivity contribution in [1.82, 2.24) is 15.2 Å². The topological polar surface area (TPSA) is 102 Å². The molecule has 0 aliphatic heterocycles. The summed E-state index contributed by atoms with van der Waals surface area (Å²) in [5.74, 6) is 0. The van der Waals surface area contributed by atoms with Crippen LogP contribution >= 0.6 is 10.9 Å². The summed E-state index contributed by atoms with van der Waals surface area (Å²) in [5.41, 5.74) is 0. The van der Waals surface area contributed by atoms with Gasteiger partial charge < -0.3 is 13.7 Å². The molecule has 0 saturated carbocycles. The van der Waals surface area contributed by atoms with Gasteiger partial charge in [0.2, 0.25) is 5.16 Å². The van der Waals surface area contributed by atoms with E-state index >= 15 is 0 Å². The van der Waals surface area contributed by atoms with Crippen LogP contribution in [0.5, 0.6) is 0 Å². The van der Waals surface area contributed by atoms with Crippen molar-refractivity contribution in [3.63, 3.8) is 0 Å². The molecule has 4 N–H and O–H groups in total. The minimum absolute atomic E-state index is 0.317. The molecule has 0 aromatic carbocycles. The number of aromatic amines is 1. The van der Waals surface area contributed by atoms with Crippen molar-refractivity contribution in [2.75, 3.05) is 0 Å². The molecule has 1 rings (SSSR count). The Kier molecular flexibility index (Phi) is 1.41. The second kappa shape index (κ2) is 1.95. The summed E-state index contributed by atoms with van der Waals surface area (Å²) in [4.78, 5) is 3.31. The lowest BCUT2D eigenvalue weighted by Gasteiger charge is -2.13. The molecule has 1 heterocycles. The van der Waals surface area contributed by atoms with Gasteiger partial charge in [-0.15, -0.1) is 0 Å². The highest BCUT2D eigenvalue weighted by molar-refractivity contribution is 8.19. The van der Waals surface area contributed by atoms with Crippen LogP contribution in [-0.4, -0.2) is 28.8 Å². The predicted octanol–water partition coefficient (Wildman–Crippen LogP) is 0.387. The van der Waals surface area contributed by atoms with Crippen molar-refractivity contribution >= 4 is 10.9 Å². The monoisotopic (exact) mass is 151 g/mol. The zero-order valence-electron chi connectivity index (χ0n) is 4.22. The number of aromatic nitrogens is 3. The van der Waals surface area contributed by atoms with Crippen molar-refractivity contribution in [2.45, 2.75) is 5.16 Å². The standard InChI is InChI=1S/C2H5N3O3S/c6-9(7,8)2-3-1-4-5-2/h1,6-8H,(H,3,4,5). The maximum Gasteiger partial charge on any atom is 0.239 e. The minimum atomic E-state index is -3.69. The van der Waals surface area contributed by atoms with Gasteiger partial charge in [0.05, 0.1) is 0 Å². The SMILES string of the molecule is OS(O)(O)c1ncn[nH]1. The molecule has 0 aliphatic carbocycles. The van der Waals surface area contributed by atoms with Crippen molar-refractivity contribution in [3.8, 4) is 0 Å². The lowest BCUT2D eigenvalue weighted by molar-refractivity contribution is 0.368. The second-order valence-corrected chi connectivity index (χ2v) is 2.73. The van der Waals surface area contributed by atoms with Gasteiger partial charge in [-0.2, -0.15) is 5.10 Å². The number of nitrogens with zero attached hydrogens (tertiary/aromatic N) is 2. The molecule has 1 aromatic heterocycles. The minimum Gasteiger partial charge on any atom is -0.302 e. The van der Waals surface area contributed by atoms with E-state index in [9.17, 15) is 0 Å². The second-order valence-electron chi connectivity index (χ2n) is 1.31. The highest BCUT2D eigenvalue weighted by atomic mass is 32.3. The fraction of sp³-hybridized carbons (Fsp3) is 0. The van der Waals surface area contributed by atoms with E-state index in [1.807, 2.05) is 0 Å². The van der Waals surface area contributed by atoms with Crippen molar-refractivity contribution in [3.05, 3.63) is 6.33 Å². The summed E-state index contributed by atoms with van der Waals surface area (Å²) in [5, 5.41) is 5.08. The van der Waals surface area contributed by atoms with Gasteiger partial charge in [0.25, 0.3) is 0 Å². The van der Waals surface area contributed by atoms with Crippen molar-refractivity contribution in [1.29, 1.82) is 0 Å². The molecule has 0 amide bonds. The van der Waals surface area contributed by atoms with Crippen molar-refractivity contribution in [2.24, 2.45) is 0 Å². The largest absolute Gasteiger partial charge is 0.302 e. The molecule has 0 bridgehead atoms. The van der Waals surface area contributed by atoms with E-state index in [-0.39, 0.29) is 5.16 Å². The molecule has 0 atom stereocenters. The summed E-state index contributed by atoms with van der Waals surface area (Å²) in [6, 6.07) is 0. The van der Waals surface area contributed by atoms with Gasteiger partial charge in [-0.25, -0.2) is 4.98 Å². The Hall–Kier alpha value is -0.630. The molecule has 0 fully saturated rings. The van der Waals surface area contributed by atoms with Crippen LogP contribution < -0.4 is 0 Å². The fourth-order valence-corrected chi connectivity index (χ4v) is 0.690. The molecular weight excluding hydrogens is 146 g/mol. The smallest absolute Gasteiger partial charge is 0.239 e. The Morgan fingerprint density at radius 3 is 2.33 bits per heavy atom. The van der Waals surface area contributed by atoms with E-state index in [4.69, 9.17) is 13.7 Å². The number of rotatable bonds is 1. The Morgan fingerprint density at radius 1 is 1.44 bits per heavy atom. The van der Waals surface area contributed by atoms with Crippen molar-refractivity contribution < 1.29 is 13.7 Å². The first-order valence-electron chi connectivity index (χ1n) is 1.97. The van der Waals surface area contributed by atoms with E-state index in [1.54, 1.807) is 0 Å². The van der Waals surface area contributed by atoms with E-state index in [0.29, 0.717) is 0 Å². The van der Waals surface area contributed by atoms with E-state index in [1.165, 1.54) is 0 Å². The van der Waals surface area contributed by atoms with Gasteiger partial charge in [0.1, 0.15) is 17.2 Å². The molecule has 6 nitrogen and oxygen atoms in total. The highest BCUT2D eigenvalue weighted by Gasteiger charge is 2.18. The molecule has 0 saturated heterocycles. The first kappa shape index (κ1) is 6.49. The molecule has 0 unspecified atom stereocenters. The quantitative estimate of drug-likeness (QED) is 0.465. The Bertz CT molecular complexity index is 179. The molecule has 7 heteroatoms. The van der Waals surface area contributed by atoms with Crippen LogP contribution in [0.25, 0.3) is 0 Å². The maximum atomic E-state index is 8.44. The lowest BCUT2D eigenvalue weighted by atomic mass is 11.3. The third-order valence-corrected chi connectivity index (χ3v) is 1.37. The van der Waals surface area contributed by atoms with Crippen LogP contribution in [0.3, 0.4) is 0 Å². The Labute approximate surface area is 52.1 Å². The number of nitrogens with one attached hydrogen (secondary N) is 1. The van der Waals surface area contributed by atoms with Gasteiger partial charge in [-0.3, -0.25) is 5.10 Å². The van der Waals surface area contributed by atoms with Gasteiger partial charge in [-0.05, 0) is 0 Å². The highest BCUT2D eigenvalue weighted by Crippen LogP contribution is 2.39.